The molecule has 0 saturated carbocycles. The second kappa shape index (κ2) is 12.5. The molecule has 1 aromatic carbocycles. The number of pyridine rings is 1. The van der Waals surface area contributed by atoms with E-state index in [0.717, 1.165) is 11.3 Å². The minimum Gasteiger partial charge on any atom is -0.491 e. The monoisotopic (exact) mass is 513 g/mol. The van der Waals surface area contributed by atoms with E-state index in [1.54, 1.807) is 0 Å². The molecule has 1 fully saturated rings. The smallest absolute Gasteiger partial charge is 0.472 e. The third kappa shape index (κ3) is 8.06. The zero-order valence-electron chi connectivity index (χ0n) is 19.1. The molecule has 1 aliphatic rings. The van der Waals surface area contributed by atoms with Gasteiger partial charge in [-0.1, -0.05) is 12.1 Å². The number of phosphoric acid groups is 1. The number of hydrogen-bond donors (Lipinski definition) is 4. The first kappa shape index (κ1) is 27.2. The number of carbonyl (C=O) groups excluding carboxylic acids is 1. The van der Waals surface area contributed by atoms with Gasteiger partial charge in [-0.3, -0.25) is 13.8 Å². The van der Waals surface area contributed by atoms with Crippen molar-refractivity contribution in [2.75, 3.05) is 33.0 Å². The predicted octanol–water partition coefficient (Wildman–Crippen LogP) is 0.230. The summed E-state index contributed by atoms with van der Waals surface area (Å²) in [5.74, 6) is 0.0502. The van der Waals surface area contributed by atoms with Crippen LogP contribution in [-0.2, 0) is 23.1 Å². The first-order valence-corrected chi connectivity index (χ1v) is 12.4. The molecule has 1 saturated heterocycles. The van der Waals surface area contributed by atoms with Crippen LogP contribution >= 0.6 is 7.82 Å². The number of phosphoric ester groups is 1. The van der Waals surface area contributed by atoms with Crippen LogP contribution in [0.1, 0.15) is 22.1 Å². The van der Waals surface area contributed by atoms with Crippen molar-refractivity contribution in [2.45, 2.75) is 31.5 Å². The molecule has 5 atom stereocenters. The number of rotatable bonds is 13. The van der Waals surface area contributed by atoms with Gasteiger partial charge in [0.05, 0.1) is 26.4 Å². The van der Waals surface area contributed by atoms with Crippen molar-refractivity contribution in [1.29, 1.82) is 0 Å². The van der Waals surface area contributed by atoms with Gasteiger partial charge in [0.1, 0.15) is 30.1 Å². The van der Waals surface area contributed by atoms with Crippen molar-refractivity contribution in [3.63, 3.8) is 0 Å². The predicted molar refractivity (Wildman–Crippen MR) is 120 cm³/mol. The number of ether oxygens (including phenoxy) is 3. The third-order valence-corrected chi connectivity index (χ3v) is 6.09. The van der Waals surface area contributed by atoms with Crippen molar-refractivity contribution in [2.24, 2.45) is 5.73 Å². The number of nitrogens with zero attached hydrogens (tertiary/aromatic N) is 1. The van der Waals surface area contributed by atoms with E-state index in [-0.39, 0.29) is 25.4 Å². The van der Waals surface area contributed by atoms with Gasteiger partial charge in [-0.05, 0) is 30.7 Å². The summed E-state index contributed by atoms with van der Waals surface area (Å²) in [6.07, 6.45) is -2.11. The van der Waals surface area contributed by atoms with Crippen molar-refractivity contribution in [3.05, 3.63) is 59.9 Å². The number of aromatic nitrogens is 1. The standard InChI is InChI=1S/C22H29N2O10P/c1-15-4-2-6-17(12-15)31-10-8-30-9-11-32-35(28,29)33-14-18-19(25)20(26)22(34-18)24-7-3-5-16(13-24)21(23)27/h2-7,12-13,18-20,22,25-26H,8-11,14H2,1H3,(H2-,23,27,28,29)/p+1/t18-,19-,20-,22-/m1/s1. The van der Waals surface area contributed by atoms with Crippen LogP contribution in [0.5, 0.6) is 5.75 Å². The van der Waals surface area contributed by atoms with E-state index < -0.39 is 44.9 Å². The fourth-order valence-corrected chi connectivity index (χ4v) is 4.07. The zero-order chi connectivity index (χ0) is 25.4. The number of hydrogen-bond acceptors (Lipinski definition) is 9. The number of aryl methyl sites for hydroxylation is 1. The zero-order valence-corrected chi connectivity index (χ0v) is 20.0. The molecule has 13 heteroatoms. The van der Waals surface area contributed by atoms with Crippen LogP contribution in [0.2, 0.25) is 0 Å². The molecular formula is C22H30N2O10P+. The number of benzene rings is 1. The molecule has 2 heterocycles. The van der Waals surface area contributed by atoms with E-state index in [4.69, 9.17) is 29.0 Å². The molecule has 2 aromatic rings. The second-order valence-electron chi connectivity index (χ2n) is 7.83. The highest BCUT2D eigenvalue weighted by Crippen LogP contribution is 2.44. The van der Waals surface area contributed by atoms with Gasteiger partial charge in [0.25, 0.3) is 12.1 Å². The van der Waals surface area contributed by atoms with Gasteiger partial charge < -0.3 is 35.1 Å². The number of aliphatic hydroxyl groups excluding tert-OH is 2. The van der Waals surface area contributed by atoms with Gasteiger partial charge in [-0.25, -0.2) is 4.57 Å². The van der Waals surface area contributed by atoms with Crippen LogP contribution in [0.3, 0.4) is 0 Å². The Morgan fingerprint density at radius 3 is 2.63 bits per heavy atom. The van der Waals surface area contributed by atoms with E-state index in [1.807, 2.05) is 31.2 Å². The van der Waals surface area contributed by atoms with Gasteiger partial charge >= 0.3 is 7.82 Å². The largest absolute Gasteiger partial charge is 0.491 e. The lowest BCUT2D eigenvalue weighted by Crippen LogP contribution is -2.46. The number of primary amides is 1. The van der Waals surface area contributed by atoms with Crippen LogP contribution in [0.15, 0.2) is 48.8 Å². The number of nitrogens with two attached hydrogens (primary N) is 1. The Bertz CT molecular complexity index is 1040. The first-order chi connectivity index (χ1) is 16.7. The summed E-state index contributed by atoms with van der Waals surface area (Å²) >= 11 is 0. The van der Waals surface area contributed by atoms with Crippen molar-refractivity contribution < 1.29 is 52.3 Å². The fraction of sp³-hybridized carbons (Fsp3) is 0.455. The summed E-state index contributed by atoms with van der Waals surface area (Å²) in [7, 11) is -4.46. The second-order valence-corrected chi connectivity index (χ2v) is 9.28. The van der Waals surface area contributed by atoms with E-state index >= 15 is 0 Å². The Morgan fingerprint density at radius 1 is 1.11 bits per heavy atom. The van der Waals surface area contributed by atoms with Gasteiger partial charge in [0.2, 0.25) is 0 Å². The summed E-state index contributed by atoms with van der Waals surface area (Å²) in [5, 5.41) is 20.6. The minimum absolute atomic E-state index is 0.0290. The van der Waals surface area contributed by atoms with Gasteiger partial charge in [-0.15, -0.1) is 0 Å². The Morgan fingerprint density at radius 2 is 1.89 bits per heavy atom. The lowest BCUT2D eigenvalue weighted by atomic mass is 10.1. The fourth-order valence-electron chi connectivity index (χ4n) is 3.35. The third-order valence-electron chi connectivity index (χ3n) is 5.11. The Kier molecular flexibility index (Phi) is 9.72. The molecule has 5 N–H and O–H groups in total. The average Bonchev–Trinajstić information content (AvgIpc) is 3.11. The summed E-state index contributed by atoms with van der Waals surface area (Å²) in [6.45, 7) is 1.80. The lowest BCUT2D eigenvalue weighted by molar-refractivity contribution is -0.765. The quantitative estimate of drug-likeness (QED) is 0.165. The molecule has 35 heavy (non-hydrogen) atoms. The van der Waals surface area contributed by atoms with Crippen LogP contribution < -0.4 is 15.0 Å². The molecule has 0 radical (unpaired) electrons. The molecule has 1 aliphatic heterocycles. The highest BCUT2D eigenvalue weighted by atomic mass is 31.2. The van der Waals surface area contributed by atoms with Crippen molar-refractivity contribution >= 4 is 13.7 Å². The van der Waals surface area contributed by atoms with Gasteiger partial charge in [-0.2, -0.15) is 4.57 Å². The van der Waals surface area contributed by atoms with E-state index in [9.17, 15) is 24.5 Å². The van der Waals surface area contributed by atoms with E-state index in [1.165, 1.54) is 29.1 Å². The van der Waals surface area contributed by atoms with Crippen LogP contribution in [0.25, 0.3) is 0 Å². The SMILES string of the molecule is Cc1cccc(OCCOCCOP(=O)(O)OC[C@H]2O[C@@H]([n+]3cccc(C(N)=O)c3)[C@H](O)[C@@H]2O)c1. The molecule has 1 unspecified atom stereocenters. The maximum atomic E-state index is 12.1. The number of amides is 1. The van der Waals surface area contributed by atoms with Crippen LogP contribution in [0.4, 0.5) is 0 Å². The van der Waals surface area contributed by atoms with Crippen LogP contribution in [-0.4, -0.2) is 72.4 Å². The van der Waals surface area contributed by atoms with E-state index in [2.05, 4.69) is 0 Å². The van der Waals surface area contributed by atoms with Crippen molar-refractivity contribution in [3.8, 4) is 5.75 Å². The Labute approximate surface area is 202 Å². The molecule has 1 amide bonds. The summed E-state index contributed by atoms with van der Waals surface area (Å²) in [4.78, 5) is 21.2. The molecule has 192 valence electrons. The maximum Gasteiger partial charge on any atom is 0.472 e. The molecule has 0 aliphatic carbocycles. The lowest BCUT2D eigenvalue weighted by Gasteiger charge is -2.17. The first-order valence-electron chi connectivity index (χ1n) is 10.9. The summed E-state index contributed by atoms with van der Waals surface area (Å²) < 4.78 is 39.6. The normalized spacial score (nSPS) is 23.7. The van der Waals surface area contributed by atoms with E-state index in [0.29, 0.717) is 6.61 Å². The molecule has 1 aromatic heterocycles. The topological polar surface area (TPSA) is 171 Å². The number of carbonyl (C=O) groups is 1. The van der Waals surface area contributed by atoms with Gasteiger partial charge in [0.15, 0.2) is 18.5 Å². The summed E-state index contributed by atoms with van der Waals surface area (Å²) in [5.41, 5.74) is 6.51. The van der Waals surface area contributed by atoms with Crippen LogP contribution in [0, 0.1) is 6.92 Å². The average molecular weight is 513 g/mol. The Hall–Kier alpha value is -2.41. The van der Waals surface area contributed by atoms with Gasteiger partial charge in [0, 0.05) is 6.07 Å². The molecule has 3 rings (SSSR count). The highest BCUT2D eigenvalue weighted by molar-refractivity contribution is 7.47. The van der Waals surface area contributed by atoms with Crippen molar-refractivity contribution in [1.82, 2.24) is 0 Å². The molecule has 12 nitrogen and oxygen atoms in total. The Balaban J connectivity index is 1.37. The summed E-state index contributed by atoms with van der Waals surface area (Å²) in [6, 6.07) is 10.6. The maximum absolute atomic E-state index is 12.1. The molecule has 0 spiro atoms. The minimum atomic E-state index is -4.46. The molecular weight excluding hydrogens is 483 g/mol. The molecule has 0 bridgehead atoms. The number of aliphatic hydroxyl groups is 2. The highest BCUT2D eigenvalue weighted by Gasteiger charge is 2.49.